The summed E-state index contributed by atoms with van der Waals surface area (Å²) in [6, 6.07) is 16.3. The second-order valence-corrected chi connectivity index (χ2v) is 7.07. The molecule has 6 heteroatoms. The van der Waals surface area contributed by atoms with Crippen LogP contribution in [-0.2, 0) is 17.9 Å². The molecule has 0 aliphatic rings. The highest BCUT2D eigenvalue weighted by Crippen LogP contribution is 2.30. The Balaban J connectivity index is 1.57. The third kappa shape index (κ3) is 4.01. The van der Waals surface area contributed by atoms with Crippen molar-refractivity contribution in [1.82, 2.24) is 20.1 Å². The predicted octanol–water partition coefficient (Wildman–Crippen LogP) is 4.17. The van der Waals surface area contributed by atoms with Crippen molar-refractivity contribution in [2.75, 3.05) is 0 Å². The van der Waals surface area contributed by atoms with E-state index in [0.29, 0.717) is 12.2 Å². The van der Waals surface area contributed by atoms with Crippen molar-refractivity contribution in [2.45, 2.75) is 26.9 Å². The van der Waals surface area contributed by atoms with Gasteiger partial charge in [-0.1, -0.05) is 42.0 Å². The molecule has 0 fully saturated rings. The van der Waals surface area contributed by atoms with Crippen LogP contribution in [-0.4, -0.2) is 20.7 Å². The number of hydrogen-bond acceptors (Lipinski definition) is 3. The number of carbonyl (C=O) groups excluding carboxylic acids is 1. The molecule has 2 aromatic heterocycles. The Morgan fingerprint density at radius 1 is 1.10 bits per heavy atom. The fraction of sp³-hybridized carbons (Fsp3) is 0.174. The summed E-state index contributed by atoms with van der Waals surface area (Å²) in [7, 11) is 0. The van der Waals surface area contributed by atoms with Crippen molar-refractivity contribution in [1.29, 1.82) is 0 Å². The van der Waals surface area contributed by atoms with Gasteiger partial charge in [0.2, 0.25) is 5.91 Å². The highest BCUT2D eigenvalue weighted by Gasteiger charge is 2.16. The molecular formula is C23H21FN4O. The second-order valence-electron chi connectivity index (χ2n) is 7.07. The predicted molar refractivity (Wildman–Crippen MR) is 111 cm³/mol. The number of nitrogens with one attached hydrogen (secondary N) is 1. The first-order chi connectivity index (χ1) is 14.0. The number of aryl methyl sites for hydroxylation is 2. The van der Waals surface area contributed by atoms with Crippen LogP contribution in [0.1, 0.15) is 16.8 Å². The number of fused-ring (bicyclic) bond motifs is 1. The van der Waals surface area contributed by atoms with Gasteiger partial charge in [-0.2, -0.15) is 5.10 Å². The molecule has 0 atom stereocenters. The first-order valence-corrected chi connectivity index (χ1v) is 9.41. The number of carbonyl (C=O) groups is 1. The average Bonchev–Trinajstić information content (AvgIpc) is 3.03. The molecule has 1 amide bonds. The topological polar surface area (TPSA) is 59.8 Å². The molecule has 0 radical (unpaired) electrons. The van der Waals surface area contributed by atoms with E-state index in [-0.39, 0.29) is 18.3 Å². The first-order valence-electron chi connectivity index (χ1n) is 9.41. The number of halogens is 1. The lowest BCUT2D eigenvalue weighted by Gasteiger charge is -2.07. The fourth-order valence-corrected chi connectivity index (χ4v) is 3.44. The lowest BCUT2D eigenvalue weighted by molar-refractivity contribution is -0.121. The van der Waals surface area contributed by atoms with Gasteiger partial charge in [-0.3, -0.25) is 4.79 Å². The molecule has 0 spiro atoms. The van der Waals surface area contributed by atoms with Gasteiger partial charge in [0.15, 0.2) is 5.65 Å². The van der Waals surface area contributed by atoms with Gasteiger partial charge in [-0.05, 0) is 48.7 Å². The highest BCUT2D eigenvalue weighted by molar-refractivity contribution is 5.95. The van der Waals surface area contributed by atoms with Crippen molar-refractivity contribution >= 4 is 16.9 Å². The van der Waals surface area contributed by atoms with Gasteiger partial charge in [0.1, 0.15) is 12.4 Å². The van der Waals surface area contributed by atoms with Gasteiger partial charge in [0.05, 0.1) is 5.69 Å². The minimum absolute atomic E-state index is 0.0653. The van der Waals surface area contributed by atoms with Crippen molar-refractivity contribution in [3.05, 3.63) is 83.4 Å². The molecule has 5 nitrogen and oxygen atoms in total. The summed E-state index contributed by atoms with van der Waals surface area (Å²) < 4.78 is 14.6. The third-order valence-electron chi connectivity index (χ3n) is 4.83. The molecule has 146 valence electrons. The summed E-state index contributed by atoms with van der Waals surface area (Å²) in [5.41, 5.74) is 5.67. The van der Waals surface area contributed by atoms with Gasteiger partial charge in [0, 0.05) is 18.1 Å². The molecule has 0 saturated heterocycles. The van der Waals surface area contributed by atoms with Crippen LogP contribution < -0.4 is 5.32 Å². The number of aromatic nitrogens is 3. The van der Waals surface area contributed by atoms with E-state index in [9.17, 15) is 9.18 Å². The monoisotopic (exact) mass is 388 g/mol. The van der Waals surface area contributed by atoms with Gasteiger partial charge in [-0.25, -0.2) is 14.1 Å². The molecule has 0 saturated carbocycles. The zero-order valence-corrected chi connectivity index (χ0v) is 16.3. The quantitative estimate of drug-likeness (QED) is 0.558. The Morgan fingerprint density at radius 3 is 2.66 bits per heavy atom. The summed E-state index contributed by atoms with van der Waals surface area (Å²) in [5, 5.41) is 8.34. The molecule has 2 heterocycles. The van der Waals surface area contributed by atoms with E-state index in [1.165, 1.54) is 17.7 Å². The third-order valence-corrected chi connectivity index (χ3v) is 4.83. The lowest BCUT2D eigenvalue weighted by atomic mass is 10.0. The number of pyridine rings is 1. The number of benzene rings is 2. The molecule has 2 aromatic carbocycles. The molecule has 4 rings (SSSR count). The van der Waals surface area contributed by atoms with Crippen LogP contribution in [0.25, 0.3) is 22.2 Å². The minimum Gasteiger partial charge on any atom is -0.350 e. The maximum absolute atomic E-state index is 13.0. The summed E-state index contributed by atoms with van der Waals surface area (Å²) in [5.74, 6) is -0.476. The number of hydrogen-bond donors (Lipinski definition) is 1. The Kier molecular flexibility index (Phi) is 5.08. The Morgan fingerprint density at radius 2 is 1.90 bits per heavy atom. The molecule has 0 aliphatic heterocycles. The number of nitrogens with zero attached hydrogens (tertiary/aromatic N) is 3. The lowest BCUT2D eigenvalue weighted by Crippen LogP contribution is -2.27. The van der Waals surface area contributed by atoms with Gasteiger partial charge < -0.3 is 5.32 Å². The smallest absolute Gasteiger partial charge is 0.242 e. The van der Waals surface area contributed by atoms with E-state index < -0.39 is 0 Å². The molecule has 0 bridgehead atoms. The second kappa shape index (κ2) is 7.83. The van der Waals surface area contributed by atoms with Crippen LogP contribution in [0.15, 0.2) is 60.8 Å². The maximum Gasteiger partial charge on any atom is 0.242 e. The summed E-state index contributed by atoms with van der Waals surface area (Å²) in [6.07, 6.45) is 1.74. The zero-order chi connectivity index (χ0) is 20.4. The molecular weight excluding hydrogens is 367 g/mol. The van der Waals surface area contributed by atoms with Gasteiger partial charge >= 0.3 is 0 Å². The fourth-order valence-electron chi connectivity index (χ4n) is 3.44. The standard InChI is InChI=1S/C23H21FN4O/c1-15-4-3-5-18(12-15)20-10-11-25-23-22(20)16(2)27-28(23)14-21(29)26-13-17-6-8-19(24)9-7-17/h3-12H,13-14H2,1-2H3,(H,26,29). The van der Waals surface area contributed by atoms with Crippen LogP contribution in [0.2, 0.25) is 0 Å². The highest BCUT2D eigenvalue weighted by atomic mass is 19.1. The molecule has 29 heavy (non-hydrogen) atoms. The maximum atomic E-state index is 13.0. The summed E-state index contributed by atoms with van der Waals surface area (Å²) in [4.78, 5) is 16.9. The molecule has 0 aliphatic carbocycles. The number of rotatable bonds is 5. The average molecular weight is 388 g/mol. The Labute approximate surface area is 168 Å². The summed E-state index contributed by atoms with van der Waals surface area (Å²) in [6.45, 7) is 4.38. The van der Waals surface area contributed by atoms with E-state index in [1.54, 1.807) is 23.0 Å². The van der Waals surface area contributed by atoms with Crippen molar-refractivity contribution in [2.24, 2.45) is 0 Å². The van der Waals surface area contributed by atoms with E-state index in [2.05, 4.69) is 40.5 Å². The first kappa shape index (κ1) is 18.8. The minimum atomic E-state index is -0.297. The normalized spacial score (nSPS) is 11.0. The van der Waals surface area contributed by atoms with E-state index in [4.69, 9.17) is 0 Å². The largest absolute Gasteiger partial charge is 0.350 e. The summed E-state index contributed by atoms with van der Waals surface area (Å²) >= 11 is 0. The Hall–Kier alpha value is -3.54. The Bertz CT molecular complexity index is 1180. The van der Waals surface area contributed by atoms with E-state index in [0.717, 1.165) is 27.8 Å². The molecule has 4 aromatic rings. The molecule has 1 N–H and O–H groups in total. The van der Waals surface area contributed by atoms with Crippen LogP contribution in [0.3, 0.4) is 0 Å². The van der Waals surface area contributed by atoms with Crippen LogP contribution >= 0.6 is 0 Å². The van der Waals surface area contributed by atoms with Crippen molar-refractivity contribution in [3.63, 3.8) is 0 Å². The van der Waals surface area contributed by atoms with Gasteiger partial charge in [-0.15, -0.1) is 0 Å². The van der Waals surface area contributed by atoms with Gasteiger partial charge in [0.25, 0.3) is 0 Å². The van der Waals surface area contributed by atoms with Crippen LogP contribution in [0, 0.1) is 19.7 Å². The van der Waals surface area contributed by atoms with Crippen LogP contribution in [0.5, 0.6) is 0 Å². The molecule has 0 unspecified atom stereocenters. The SMILES string of the molecule is Cc1cccc(-c2ccnc3c2c(C)nn3CC(=O)NCc2ccc(F)cc2)c1. The van der Waals surface area contributed by atoms with Crippen molar-refractivity contribution in [3.8, 4) is 11.1 Å². The van der Waals surface area contributed by atoms with E-state index in [1.807, 2.05) is 19.1 Å². The van der Waals surface area contributed by atoms with Crippen LogP contribution in [0.4, 0.5) is 4.39 Å². The van der Waals surface area contributed by atoms with Crippen molar-refractivity contribution < 1.29 is 9.18 Å². The zero-order valence-electron chi connectivity index (χ0n) is 16.3. The van der Waals surface area contributed by atoms with E-state index >= 15 is 0 Å². The number of amides is 1.